The van der Waals surface area contributed by atoms with Gasteiger partial charge < -0.3 is 15.5 Å². The molecule has 4 nitrogen and oxygen atoms in total. The van der Waals surface area contributed by atoms with E-state index in [1.807, 2.05) is 0 Å². The van der Waals surface area contributed by atoms with E-state index in [1.165, 1.54) is 0 Å². The molecule has 1 fully saturated rings. The lowest BCUT2D eigenvalue weighted by molar-refractivity contribution is -0.180. The Bertz CT molecular complexity index is 311. The molecule has 1 heterocycles. The van der Waals surface area contributed by atoms with Crippen LogP contribution in [-0.2, 0) is 4.79 Å². The molecule has 0 aromatic rings. The molecule has 0 saturated carbocycles. The van der Waals surface area contributed by atoms with Crippen molar-refractivity contribution in [3.05, 3.63) is 0 Å². The Labute approximate surface area is 124 Å². The van der Waals surface area contributed by atoms with Crippen molar-refractivity contribution in [2.24, 2.45) is 5.92 Å². The van der Waals surface area contributed by atoms with E-state index >= 15 is 0 Å². The number of alkyl halides is 3. The molecule has 0 radical (unpaired) electrons. The minimum atomic E-state index is -4.17. The average molecular weight is 309 g/mol. The number of rotatable bonds is 7. The zero-order valence-electron chi connectivity index (χ0n) is 12.8. The molecule has 2 unspecified atom stereocenters. The first kappa shape index (κ1) is 18.2. The van der Waals surface area contributed by atoms with Crippen LogP contribution in [0.1, 0.15) is 33.1 Å². The molecular formula is C14H26F3N3O. The van der Waals surface area contributed by atoms with Crippen LogP contribution in [0.4, 0.5) is 13.2 Å². The molecule has 0 bridgehead atoms. The van der Waals surface area contributed by atoms with Crippen molar-refractivity contribution in [1.29, 1.82) is 0 Å². The van der Waals surface area contributed by atoms with Gasteiger partial charge in [-0.2, -0.15) is 13.2 Å². The van der Waals surface area contributed by atoms with Crippen molar-refractivity contribution in [3.63, 3.8) is 0 Å². The summed E-state index contributed by atoms with van der Waals surface area (Å²) in [5.74, 6) is -1.51. The van der Waals surface area contributed by atoms with Gasteiger partial charge in [0.15, 0.2) is 0 Å². The number of nitrogens with zero attached hydrogens (tertiary/aromatic N) is 1. The van der Waals surface area contributed by atoms with Crippen LogP contribution >= 0.6 is 0 Å². The van der Waals surface area contributed by atoms with Gasteiger partial charge in [0.1, 0.15) is 0 Å². The van der Waals surface area contributed by atoms with Gasteiger partial charge >= 0.3 is 6.18 Å². The zero-order valence-corrected chi connectivity index (χ0v) is 12.8. The van der Waals surface area contributed by atoms with E-state index in [9.17, 15) is 18.0 Å². The summed E-state index contributed by atoms with van der Waals surface area (Å²) in [6.45, 7) is 7.45. The molecule has 1 amide bonds. The van der Waals surface area contributed by atoms with Crippen molar-refractivity contribution in [2.75, 3.05) is 32.7 Å². The van der Waals surface area contributed by atoms with Crippen molar-refractivity contribution in [1.82, 2.24) is 15.5 Å². The molecule has 2 atom stereocenters. The Hall–Kier alpha value is -0.820. The van der Waals surface area contributed by atoms with E-state index in [1.54, 1.807) is 0 Å². The van der Waals surface area contributed by atoms with Crippen LogP contribution in [0.5, 0.6) is 0 Å². The molecule has 124 valence electrons. The fourth-order valence-electron chi connectivity index (χ4n) is 2.54. The maximum Gasteiger partial charge on any atom is 0.393 e. The maximum atomic E-state index is 12.5. The lowest BCUT2D eigenvalue weighted by Crippen LogP contribution is -2.51. The smallest absolute Gasteiger partial charge is 0.355 e. The summed E-state index contributed by atoms with van der Waals surface area (Å²) in [6, 6.07) is -0.489. The van der Waals surface area contributed by atoms with Crippen LogP contribution < -0.4 is 10.6 Å². The van der Waals surface area contributed by atoms with Crippen molar-refractivity contribution in [2.45, 2.75) is 45.3 Å². The molecule has 7 heteroatoms. The summed E-state index contributed by atoms with van der Waals surface area (Å²) in [5.41, 5.74) is 0. The number of carbonyl (C=O) groups excluding carboxylic acids is 1. The highest BCUT2D eigenvalue weighted by atomic mass is 19.4. The van der Waals surface area contributed by atoms with Crippen LogP contribution in [0.3, 0.4) is 0 Å². The molecule has 21 heavy (non-hydrogen) atoms. The quantitative estimate of drug-likeness (QED) is 0.705. The van der Waals surface area contributed by atoms with Crippen LogP contribution in [0.2, 0.25) is 0 Å². The summed E-state index contributed by atoms with van der Waals surface area (Å²) in [5, 5.41) is 5.51. The molecule has 0 aromatic carbocycles. The molecule has 1 saturated heterocycles. The van der Waals surface area contributed by atoms with Crippen molar-refractivity contribution in [3.8, 4) is 0 Å². The number of amides is 1. The Morgan fingerprint density at radius 2 is 1.95 bits per heavy atom. The highest BCUT2D eigenvalue weighted by Gasteiger charge is 2.42. The van der Waals surface area contributed by atoms with E-state index in [0.29, 0.717) is 6.54 Å². The minimum absolute atomic E-state index is 0.0219. The van der Waals surface area contributed by atoms with Crippen LogP contribution in [0, 0.1) is 5.92 Å². The monoisotopic (exact) mass is 309 g/mol. The molecular weight excluding hydrogens is 283 g/mol. The summed E-state index contributed by atoms with van der Waals surface area (Å²) in [7, 11) is 0. The van der Waals surface area contributed by atoms with Crippen molar-refractivity contribution < 1.29 is 18.0 Å². The van der Waals surface area contributed by atoms with Crippen LogP contribution in [0.25, 0.3) is 0 Å². The normalized spacial score (nSPS) is 23.3. The number of hydrogen-bond donors (Lipinski definition) is 2. The predicted octanol–water partition coefficient (Wildman–Crippen LogP) is 1.76. The van der Waals surface area contributed by atoms with Gasteiger partial charge in [-0.25, -0.2) is 0 Å². The Morgan fingerprint density at radius 3 is 2.43 bits per heavy atom. The molecule has 1 aliphatic rings. The van der Waals surface area contributed by atoms with Gasteiger partial charge in [0.2, 0.25) is 5.91 Å². The highest BCUT2D eigenvalue weighted by Crippen LogP contribution is 2.31. The summed E-state index contributed by atoms with van der Waals surface area (Å²) < 4.78 is 37.5. The van der Waals surface area contributed by atoms with E-state index in [2.05, 4.69) is 29.4 Å². The van der Waals surface area contributed by atoms with Gasteiger partial charge in [-0.05, 0) is 38.9 Å². The lowest BCUT2D eigenvalue weighted by Gasteiger charge is -2.30. The third-order valence-electron chi connectivity index (χ3n) is 4.04. The van der Waals surface area contributed by atoms with Gasteiger partial charge in [-0.3, -0.25) is 4.79 Å². The fraction of sp³-hybridized carbons (Fsp3) is 0.929. The van der Waals surface area contributed by atoms with E-state index < -0.39 is 18.1 Å². The van der Waals surface area contributed by atoms with Gasteiger partial charge in [-0.1, -0.05) is 13.8 Å². The number of piperidine rings is 1. The summed E-state index contributed by atoms with van der Waals surface area (Å²) in [6.07, 6.45) is -3.05. The topological polar surface area (TPSA) is 44.4 Å². The molecule has 0 spiro atoms. The lowest BCUT2D eigenvalue weighted by atomic mass is 9.94. The predicted molar refractivity (Wildman–Crippen MR) is 76.0 cm³/mol. The number of halogens is 3. The van der Waals surface area contributed by atoms with Crippen LogP contribution in [-0.4, -0.2) is 55.7 Å². The molecule has 2 N–H and O–H groups in total. The Morgan fingerprint density at radius 1 is 1.29 bits per heavy atom. The molecule has 1 aliphatic heterocycles. The summed E-state index contributed by atoms with van der Waals surface area (Å²) >= 11 is 0. The summed E-state index contributed by atoms with van der Waals surface area (Å²) in [4.78, 5) is 14.1. The minimum Gasteiger partial charge on any atom is -0.355 e. The molecule has 0 aromatic heterocycles. The second-order valence-corrected chi connectivity index (χ2v) is 5.45. The zero-order chi connectivity index (χ0) is 15.9. The van der Waals surface area contributed by atoms with Crippen molar-refractivity contribution >= 4 is 5.91 Å². The fourth-order valence-corrected chi connectivity index (χ4v) is 2.54. The largest absolute Gasteiger partial charge is 0.393 e. The van der Waals surface area contributed by atoms with Gasteiger partial charge in [0.25, 0.3) is 0 Å². The maximum absolute atomic E-state index is 12.5. The first-order chi connectivity index (χ1) is 9.88. The van der Waals surface area contributed by atoms with Crippen LogP contribution in [0.15, 0.2) is 0 Å². The number of carbonyl (C=O) groups is 1. The second-order valence-electron chi connectivity index (χ2n) is 5.45. The van der Waals surface area contributed by atoms with Gasteiger partial charge in [0.05, 0.1) is 12.0 Å². The first-order valence-electron chi connectivity index (χ1n) is 7.68. The Kier molecular flexibility index (Phi) is 7.45. The number of hydrogen-bond acceptors (Lipinski definition) is 3. The van der Waals surface area contributed by atoms with E-state index in [-0.39, 0.29) is 25.3 Å². The molecule has 0 aliphatic carbocycles. The third kappa shape index (κ3) is 6.22. The van der Waals surface area contributed by atoms with Gasteiger partial charge in [-0.15, -0.1) is 0 Å². The number of nitrogens with one attached hydrogen (secondary N) is 2. The Balaban J connectivity index is 2.20. The first-order valence-corrected chi connectivity index (χ1v) is 7.68. The average Bonchev–Trinajstić information content (AvgIpc) is 2.46. The van der Waals surface area contributed by atoms with E-state index in [4.69, 9.17) is 0 Å². The third-order valence-corrected chi connectivity index (χ3v) is 4.04. The second kappa shape index (κ2) is 8.58. The van der Waals surface area contributed by atoms with Gasteiger partial charge in [0, 0.05) is 13.1 Å². The SMILES string of the molecule is CCN(CC)CCCNC(=O)C1CCC(C(F)(F)F)CN1. The molecule has 1 rings (SSSR count). The standard InChI is InChI=1S/C14H26F3N3O/c1-3-20(4-2)9-5-8-18-13(21)12-7-6-11(10-19-12)14(15,16)17/h11-12,19H,3-10H2,1-2H3,(H,18,21). The van der Waals surface area contributed by atoms with E-state index in [0.717, 1.165) is 26.1 Å². The highest BCUT2D eigenvalue weighted by molar-refractivity contribution is 5.81.